The third-order valence-corrected chi connectivity index (χ3v) is 6.09. The Morgan fingerprint density at radius 1 is 1.12 bits per heavy atom. The van der Waals surface area contributed by atoms with Crippen molar-refractivity contribution >= 4 is 22.0 Å². The molecule has 1 aromatic rings. The molecule has 0 aromatic heterocycles. The van der Waals surface area contributed by atoms with Crippen LogP contribution >= 0.6 is 0 Å². The number of nitrogens with one attached hydrogen (secondary N) is 2. The van der Waals surface area contributed by atoms with Gasteiger partial charge in [-0.05, 0) is 31.5 Å². The first-order valence-corrected chi connectivity index (χ1v) is 9.86. The molecule has 2 N–H and O–H groups in total. The Labute approximate surface area is 155 Å². The third-order valence-electron chi connectivity index (χ3n) is 4.03. The molecule has 8 nitrogen and oxygen atoms in total. The third kappa shape index (κ3) is 5.52. The number of carbonyl (C=O) groups is 2. The van der Waals surface area contributed by atoms with E-state index in [2.05, 4.69) is 15.4 Å². The number of imide groups is 1. The zero-order chi connectivity index (χ0) is 19.9. The van der Waals surface area contributed by atoms with Gasteiger partial charge in [-0.3, -0.25) is 15.4 Å². The lowest BCUT2D eigenvalue weighted by Gasteiger charge is -2.21. The monoisotopic (exact) mass is 385 g/mol. The van der Waals surface area contributed by atoms with Gasteiger partial charge < -0.3 is 4.74 Å². The largest absolute Gasteiger partial charge is 0.453 e. The van der Waals surface area contributed by atoms with Crippen molar-refractivity contribution in [2.75, 3.05) is 20.2 Å². The molecule has 1 rings (SSSR count). The second-order valence-corrected chi connectivity index (χ2v) is 7.69. The Bertz CT molecular complexity index is 714. The normalized spacial score (nSPS) is 13.9. The summed E-state index contributed by atoms with van der Waals surface area (Å²) >= 11 is 0. The summed E-state index contributed by atoms with van der Waals surface area (Å²) in [4.78, 5) is 23.2. The second kappa shape index (κ2) is 9.65. The van der Waals surface area contributed by atoms with Crippen molar-refractivity contribution < 1.29 is 22.7 Å². The van der Waals surface area contributed by atoms with Crippen LogP contribution in [0, 0.1) is 0 Å². The minimum absolute atomic E-state index is 0.224. The van der Waals surface area contributed by atoms with E-state index in [0.29, 0.717) is 13.1 Å². The standard InChI is InChI=1S/C17H27N3O5S/c1-6-20(7-2)26(23,24)15-10-8-14(9-11-15)12(3)18-13(4)16(21)19-17(22)25-5/h8-13,18H,6-7H2,1-5H3,(H,19,21,22)/t12-,13+/m0/s1. The van der Waals surface area contributed by atoms with Gasteiger partial charge in [0.25, 0.3) is 0 Å². The van der Waals surface area contributed by atoms with Gasteiger partial charge in [-0.25, -0.2) is 13.2 Å². The summed E-state index contributed by atoms with van der Waals surface area (Å²) in [7, 11) is -2.32. The number of sulfonamides is 1. The average Bonchev–Trinajstić information content (AvgIpc) is 2.62. The maximum absolute atomic E-state index is 12.5. The van der Waals surface area contributed by atoms with Crippen LogP contribution in [0.3, 0.4) is 0 Å². The molecule has 0 aliphatic carbocycles. The molecular weight excluding hydrogens is 358 g/mol. The van der Waals surface area contributed by atoms with Gasteiger partial charge in [-0.2, -0.15) is 4.31 Å². The summed E-state index contributed by atoms with van der Waals surface area (Å²) in [6, 6.07) is 5.67. The van der Waals surface area contributed by atoms with Crippen LogP contribution in [0.4, 0.5) is 4.79 Å². The zero-order valence-electron chi connectivity index (χ0n) is 15.8. The Balaban J connectivity index is 2.82. The Hall–Kier alpha value is -1.97. The molecule has 146 valence electrons. The quantitative estimate of drug-likeness (QED) is 0.705. The molecule has 0 aliphatic rings. The van der Waals surface area contributed by atoms with Gasteiger partial charge in [0.2, 0.25) is 15.9 Å². The molecule has 0 bridgehead atoms. The molecule has 0 fully saturated rings. The van der Waals surface area contributed by atoms with Gasteiger partial charge in [-0.1, -0.05) is 26.0 Å². The maximum atomic E-state index is 12.5. The smallest absolute Gasteiger partial charge is 0.413 e. The van der Waals surface area contributed by atoms with Crippen LogP contribution in [0.1, 0.15) is 39.3 Å². The van der Waals surface area contributed by atoms with E-state index in [1.807, 2.05) is 6.92 Å². The van der Waals surface area contributed by atoms with Crippen molar-refractivity contribution in [1.29, 1.82) is 0 Å². The van der Waals surface area contributed by atoms with Crippen LogP contribution in [0.2, 0.25) is 0 Å². The molecule has 0 saturated heterocycles. The topological polar surface area (TPSA) is 105 Å². The highest BCUT2D eigenvalue weighted by Crippen LogP contribution is 2.19. The lowest BCUT2D eigenvalue weighted by Crippen LogP contribution is -2.45. The van der Waals surface area contributed by atoms with Crippen LogP contribution in [0.5, 0.6) is 0 Å². The molecule has 0 saturated carbocycles. The van der Waals surface area contributed by atoms with Crippen LogP contribution < -0.4 is 10.6 Å². The van der Waals surface area contributed by atoms with Crippen molar-refractivity contribution in [2.45, 2.75) is 44.7 Å². The fourth-order valence-electron chi connectivity index (χ4n) is 2.45. The number of benzene rings is 1. The van der Waals surface area contributed by atoms with E-state index in [0.717, 1.165) is 5.56 Å². The predicted molar refractivity (Wildman–Crippen MR) is 98.1 cm³/mol. The second-order valence-electron chi connectivity index (χ2n) is 5.75. The van der Waals surface area contributed by atoms with E-state index >= 15 is 0 Å². The summed E-state index contributed by atoms with van der Waals surface area (Å²) < 4.78 is 30.8. The van der Waals surface area contributed by atoms with E-state index in [4.69, 9.17) is 0 Å². The predicted octanol–water partition coefficient (Wildman–Crippen LogP) is 1.64. The van der Waals surface area contributed by atoms with E-state index in [-0.39, 0.29) is 10.9 Å². The van der Waals surface area contributed by atoms with Crippen molar-refractivity contribution in [3.8, 4) is 0 Å². The fraction of sp³-hybridized carbons (Fsp3) is 0.529. The highest BCUT2D eigenvalue weighted by molar-refractivity contribution is 7.89. The Morgan fingerprint density at radius 2 is 1.65 bits per heavy atom. The molecule has 26 heavy (non-hydrogen) atoms. The van der Waals surface area contributed by atoms with Gasteiger partial charge in [-0.15, -0.1) is 0 Å². The molecule has 0 unspecified atom stereocenters. The highest BCUT2D eigenvalue weighted by atomic mass is 32.2. The van der Waals surface area contributed by atoms with Crippen LogP contribution in [-0.2, 0) is 19.6 Å². The van der Waals surface area contributed by atoms with Crippen LogP contribution in [0.25, 0.3) is 0 Å². The molecular formula is C17H27N3O5S. The van der Waals surface area contributed by atoms with E-state index in [9.17, 15) is 18.0 Å². The van der Waals surface area contributed by atoms with Gasteiger partial charge in [0.1, 0.15) is 0 Å². The number of methoxy groups -OCH3 is 1. The zero-order valence-corrected chi connectivity index (χ0v) is 16.6. The molecule has 2 atom stereocenters. The lowest BCUT2D eigenvalue weighted by atomic mass is 10.1. The first-order valence-electron chi connectivity index (χ1n) is 8.42. The number of rotatable bonds is 8. The number of alkyl carbamates (subject to hydrolysis) is 1. The van der Waals surface area contributed by atoms with E-state index < -0.39 is 28.1 Å². The minimum Gasteiger partial charge on any atom is -0.453 e. The number of ether oxygens (including phenoxy) is 1. The molecule has 1 aromatic carbocycles. The number of nitrogens with zero attached hydrogens (tertiary/aromatic N) is 1. The number of carbonyl (C=O) groups excluding carboxylic acids is 2. The van der Waals surface area contributed by atoms with E-state index in [1.54, 1.807) is 45.0 Å². The molecule has 0 heterocycles. The summed E-state index contributed by atoms with van der Waals surface area (Å²) in [5, 5.41) is 5.14. The highest BCUT2D eigenvalue weighted by Gasteiger charge is 2.22. The van der Waals surface area contributed by atoms with Crippen LogP contribution in [0.15, 0.2) is 29.2 Å². The minimum atomic E-state index is -3.50. The Morgan fingerprint density at radius 3 is 2.12 bits per heavy atom. The van der Waals surface area contributed by atoms with Gasteiger partial charge in [0.05, 0.1) is 18.0 Å². The number of hydrogen-bond acceptors (Lipinski definition) is 6. The maximum Gasteiger partial charge on any atom is 0.413 e. The van der Waals surface area contributed by atoms with E-state index in [1.165, 1.54) is 11.4 Å². The molecule has 2 amide bonds. The first kappa shape index (κ1) is 22.1. The Kier molecular flexibility index (Phi) is 8.19. The summed E-state index contributed by atoms with van der Waals surface area (Å²) in [5.74, 6) is -0.510. The van der Waals surface area contributed by atoms with Crippen LogP contribution in [-0.4, -0.2) is 51.0 Å². The van der Waals surface area contributed by atoms with Crippen molar-refractivity contribution in [1.82, 2.24) is 14.9 Å². The average molecular weight is 385 g/mol. The lowest BCUT2D eigenvalue weighted by molar-refractivity contribution is -0.122. The van der Waals surface area contributed by atoms with Gasteiger partial charge in [0, 0.05) is 19.1 Å². The molecule has 9 heteroatoms. The summed E-state index contributed by atoms with van der Waals surface area (Å²) in [5.41, 5.74) is 0.821. The number of hydrogen-bond donors (Lipinski definition) is 2. The molecule has 0 aliphatic heterocycles. The van der Waals surface area contributed by atoms with Gasteiger partial charge in [0.15, 0.2) is 0 Å². The summed E-state index contributed by atoms with van der Waals surface area (Å²) in [6.07, 6.45) is -0.817. The fourth-order valence-corrected chi connectivity index (χ4v) is 3.91. The molecule has 0 spiro atoms. The SMILES string of the molecule is CCN(CC)S(=O)(=O)c1ccc([C@H](C)N[C@H](C)C(=O)NC(=O)OC)cc1. The van der Waals surface area contributed by atoms with Crippen molar-refractivity contribution in [3.63, 3.8) is 0 Å². The first-order chi connectivity index (χ1) is 12.2. The van der Waals surface area contributed by atoms with Crippen molar-refractivity contribution in [3.05, 3.63) is 29.8 Å². The summed E-state index contributed by atoms with van der Waals surface area (Å²) in [6.45, 7) is 7.87. The van der Waals surface area contributed by atoms with Gasteiger partial charge >= 0.3 is 6.09 Å². The number of amides is 2. The molecule has 0 radical (unpaired) electrons. The van der Waals surface area contributed by atoms with Crippen molar-refractivity contribution in [2.24, 2.45) is 0 Å².